The van der Waals surface area contributed by atoms with Gasteiger partial charge in [0.2, 0.25) is 0 Å². The monoisotopic (exact) mass is 387 g/mol. The molecule has 0 fully saturated rings. The molecule has 1 aromatic carbocycles. The minimum atomic E-state index is -0.176. The summed E-state index contributed by atoms with van der Waals surface area (Å²) in [6.07, 6.45) is 0.795. The Hall–Kier alpha value is -2.11. The lowest BCUT2D eigenvalue weighted by molar-refractivity contribution is 0.0939. The van der Waals surface area contributed by atoms with Crippen molar-refractivity contribution in [1.82, 2.24) is 15.1 Å². The molecule has 0 aliphatic rings. The van der Waals surface area contributed by atoms with E-state index in [0.717, 1.165) is 12.0 Å². The number of hydrogen-bond acceptors (Lipinski definition) is 3. The largest absolute Gasteiger partial charge is 0.349 e. The predicted molar refractivity (Wildman–Crippen MR) is 107 cm³/mol. The Kier molecular flexibility index (Phi) is 5.79. The predicted octanol–water partition coefficient (Wildman–Crippen LogP) is 4.62. The third-order valence-electron chi connectivity index (χ3n) is 4.24. The molecule has 0 bridgehead atoms. The Labute approximate surface area is 162 Å². The zero-order chi connectivity index (χ0) is 18.7. The van der Waals surface area contributed by atoms with Gasteiger partial charge in [0.15, 0.2) is 0 Å². The Morgan fingerprint density at radius 2 is 1.96 bits per heavy atom. The minimum absolute atomic E-state index is 0.0213. The molecule has 0 radical (unpaired) electrons. The van der Waals surface area contributed by atoms with E-state index in [1.165, 1.54) is 11.1 Å². The van der Waals surface area contributed by atoms with Crippen LogP contribution in [0.25, 0.3) is 0 Å². The fourth-order valence-electron chi connectivity index (χ4n) is 2.89. The number of carbonyl (C=O) groups is 1. The van der Waals surface area contributed by atoms with Crippen molar-refractivity contribution in [1.29, 1.82) is 0 Å². The van der Waals surface area contributed by atoms with Crippen molar-refractivity contribution in [3.05, 3.63) is 74.2 Å². The zero-order valence-corrected chi connectivity index (χ0v) is 16.7. The minimum Gasteiger partial charge on any atom is -0.349 e. The molecule has 1 N–H and O–H groups in total. The lowest BCUT2D eigenvalue weighted by Crippen LogP contribution is -2.34. The van der Waals surface area contributed by atoms with E-state index >= 15 is 0 Å². The topological polar surface area (TPSA) is 46.9 Å². The van der Waals surface area contributed by atoms with Crippen LogP contribution in [-0.2, 0) is 13.0 Å². The van der Waals surface area contributed by atoms with E-state index in [1.807, 2.05) is 31.4 Å². The van der Waals surface area contributed by atoms with Crippen LogP contribution >= 0.6 is 22.9 Å². The zero-order valence-electron chi connectivity index (χ0n) is 15.1. The Morgan fingerprint density at radius 1 is 1.23 bits per heavy atom. The van der Waals surface area contributed by atoms with Gasteiger partial charge in [0, 0.05) is 6.04 Å². The average Bonchev–Trinajstić information content (AvgIpc) is 3.18. The Balaban J connectivity index is 1.72. The first kappa shape index (κ1) is 18.7. The van der Waals surface area contributed by atoms with Gasteiger partial charge in [0.05, 0.1) is 17.8 Å². The summed E-state index contributed by atoms with van der Waals surface area (Å²) in [5.41, 5.74) is 4.62. The number of aromatic nitrogens is 2. The standard InChI is InChI=1S/C20H22ClN3OS/c1-13-4-6-16(7-5-13)11-24-19(21)18(15(3)23-24)20(25)22-14(2)10-17-8-9-26-12-17/h4-9,12,14H,10-11H2,1-3H3,(H,22,25). The maximum Gasteiger partial charge on any atom is 0.256 e. The molecule has 3 aromatic rings. The number of halogens is 1. The van der Waals surface area contributed by atoms with Gasteiger partial charge in [0.25, 0.3) is 5.91 Å². The van der Waals surface area contributed by atoms with Crippen LogP contribution in [0.15, 0.2) is 41.1 Å². The van der Waals surface area contributed by atoms with Gasteiger partial charge in [-0.1, -0.05) is 41.4 Å². The highest BCUT2D eigenvalue weighted by atomic mass is 35.5. The molecule has 0 aliphatic carbocycles. The third-order valence-corrected chi connectivity index (χ3v) is 5.36. The average molecular weight is 388 g/mol. The van der Waals surface area contributed by atoms with Crippen LogP contribution in [-0.4, -0.2) is 21.7 Å². The van der Waals surface area contributed by atoms with E-state index < -0.39 is 0 Å². The maximum atomic E-state index is 12.7. The van der Waals surface area contributed by atoms with E-state index in [1.54, 1.807) is 16.0 Å². The summed E-state index contributed by atoms with van der Waals surface area (Å²) in [5, 5.41) is 12.0. The van der Waals surface area contributed by atoms with E-state index in [4.69, 9.17) is 11.6 Å². The summed E-state index contributed by atoms with van der Waals surface area (Å²) in [7, 11) is 0. The van der Waals surface area contributed by atoms with Crippen molar-refractivity contribution < 1.29 is 4.79 Å². The first-order valence-electron chi connectivity index (χ1n) is 8.54. The first-order chi connectivity index (χ1) is 12.4. The van der Waals surface area contributed by atoms with E-state index in [-0.39, 0.29) is 11.9 Å². The second-order valence-corrected chi connectivity index (χ2v) is 7.74. The molecule has 6 heteroatoms. The van der Waals surface area contributed by atoms with Crippen LogP contribution in [0, 0.1) is 13.8 Å². The van der Waals surface area contributed by atoms with Gasteiger partial charge in [-0.2, -0.15) is 16.4 Å². The molecular weight excluding hydrogens is 366 g/mol. The SMILES string of the molecule is Cc1ccc(Cn2nc(C)c(C(=O)NC(C)Cc3ccsc3)c2Cl)cc1. The summed E-state index contributed by atoms with van der Waals surface area (Å²) in [5.74, 6) is -0.176. The first-order valence-corrected chi connectivity index (χ1v) is 9.86. The number of carbonyl (C=O) groups excluding carboxylic acids is 1. The van der Waals surface area contributed by atoms with Gasteiger partial charge >= 0.3 is 0 Å². The number of benzene rings is 1. The van der Waals surface area contributed by atoms with Gasteiger partial charge in [-0.05, 0) is 55.1 Å². The highest BCUT2D eigenvalue weighted by molar-refractivity contribution is 7.07. The molecular formula is C20H22ClN3OS. The lowest BCUT2D eigenvalue weighted by atomic mass is 10.1. The Bertz CT molecular complexity index is 885. The van der Waals surface area contributed by atoms with Crippen molar-refractivity contribution in [3.63, 3.8) is 0 Å². The summed E-state index contributed by atoms with van der Waals surface area (Å²) < 4.78 is 1.68. The normalized spacial score (nSPS) is 12.2. The number of thiophene rings is 1. The molecule has 2 aromatic heterocycles. The van der Waals surface area contributed by atoms with E-state index in [0.29, 0.717) is 23.0 Å². The molecule has 4 nitrogen and oxygen atoms in total. The van der Waals surface area contributed by atoms with Gasteiger partial charge in [0.1, 0.15) is 5.15 Å². The van der Waals surface area contributed by atoms with Crippen molar-refractivity contribution >= 4 is 28.8 Å². The van der Waals surface area contributed by atoms with Gasteiger partial charge in [-0.25, -0.2) is 4.68 Å². The summed E-state index contributed by atoms with van der Waals surface area (Å²) in [4.78, 5) is 12.7. The maximum absolute atomic E-state index is 12.7. The van der Waals surface area contributed by atoms with Gasteiger partial charge in [-0.3, -0.25) is 4.79 Å². The van der Waals surface area contributed by atoms with Crippen LogP contribution in [0.4, 0.5) is 0 Å². The molecule has 1 atom stereocenters. The lowest BCUT2D eigenvalue weighted by Gasteiger charge is -2.13. The highest BCUT2D eigenvalue weighted by Crippen LogP contribution is 2.21. The molecule has 2 heterocycles. The van der Waals surface area contributed by atoms with Gasteiger partial charge in [-0.15, -0.1) is 0 Å². The summed E-state index contributed by atoms with van der Waals surface area (Å²) in [6.45, 7) is 6.40. The van der Waals surface area contributed by atoms with Crippen molar-refractivity contribution in [3.8, 4) is 0 Å². The van der Waals surface area contributed by atoms with E-state index in [9.17, 15) is 4.79 Å². The van der Waals surface area contributed by atoms with Crippen molar-refractivity contribution in [2.75, 3.05) is 0 Å². The molecule has 1 unspecified atom stereocenters. The number of aryl methyl sites for hydroxylation is 2. The van der Waals surface area contributed by atoms with E-state index in [2.05, 4.69) is 40.9 Å². The molecule has 3 rings (SSSR count). The highest BCUT2D eigenvalue weighted by Gasteiger charge is 2.21. The van der Waals surface area contributed by atoms with Crippen LogP contribution in [0.1, 0.15) is 39.7 Å². The molecule has 0 saturated carbocycles. The molecule has 0 saturated heterocycles. The number of rotatable bonds is 6. The Morgan fingerprint density at radius 3 is 2.62 bits per heavy atom. The van der Waals surface area contributed by atoms with Crippen LogP contribution in [0.3, 0.4) is 0 Å². The molecule has 0 aliphatic heterocycles. The number of nitrogens with one attached hydrogen (secondary N) is 1. The second kappa shape index (κ2) is 8.06. The number of hydrogen-bond donors (Lipinski definition) is 1. The smallest absolute Gasteiger partial charge is 0.256 e. The van der Waals surface area contributed by atoms with Crippen LogP contribution in [0.5, 0.6) is 0 Å². The quantitative estimate of drug-likeness (QED) is 0.670. The summed E-state index contributed by atoms with van der Waals surface area (Å²) in [6, 6.07) is 10.3. The molecule has 136 valence electrons. The van der Waals surface area contributed by atoms with Crippen LogP contribution < -0.4 is 5.32 Å². The molecule has 0 spiro atoms. The third kappa shape index (κ3) is 4.34. The molecule has 26 heavy (non-hydrogen) atoms. The number of nitrogens with zero attached hydrogens (tertiary/aromatic N) is 2. The summed E-state index contributed by atoms with van der Waals surface area (Å²) >= 11 is 8.13. The van der Waals surface area contributed by atoms with Gasteiger partial charge < -0.3 is 5.32 Å². The second-order valence-electron chi connectivity index (χ2n) is 6.60. The van der Waals surface area contributed by atoms with Crippen molar-refractivity contribution in [2.45, 2.75) is 39.8 Å². The number of amides is 1. The molecule has 1 amide bonds. The fraction of sp³-hybridized carbons (Fsp3) is 0.300. The van der Waals surface area contributed by atoms with Crippen molar-refractivity contribution in [2.24, 2.45) is 0 Å². The fourth-order valence-corrected chi connectivity index (χ4v) is 3.89. The van der Waals surface area contributed by atoms with Crippen LogP contribution in [0.2, 0.25) is 5.15 Å².